The van der Waals surface area contributed by atoms with Crippen LogP contribution in [0.1, 0.15) is 68.6 Å². The van der Waals surface area contributed by atoms with Crippen molar-refractivity contribution in [3.63, 3.8) is 0 Å². The Bertz CT molecular complexity index is 1460. The number of nitrogens with one attached hydrogen (secondary N) is 1. The largest absolute Gasteiger partial charge is 0.528 e. The fourth-order valence-electron chi connectivity index (χ4n) is 5.07. The fourth-order valence-corrected chi connectivity index (χ4v) is 5.56. The van der Waals surface area contributed by atoms with Crippen molar-refractivity contribution < 1.29 is 36.7 Å². The van der Waals surface area contributed by atoms with Gasteiger partial charge in [0, 0.05) is 32.2 Å². The number of hydroxylamine groups is 2. The summed E-state index contributed by atoms with van der Waals surface area (Å²) in [6.07, 6.45) is 2.05. The first-order valence-electron chi connectivity index (χ1n) is 14.3. The molecule has 1 atom stereocenters. The Morgan fingerprint density at radius 2 is 1.91 bits per heavy atom. The third-order valence-corrected chi connectivity index (χ3v) is 8.05. The first kappa shape index (κ1) is 32.5. The zero-order valence-corrected chi connectivity index (χ0v) is 26.0. The summed E-state index contributed by atoms with van der Waals surface area (Å²) in [5, 5.41) is 4.74. The van der Waals surface area contributed by atoms with Crippen LogP contribution in [0.5, 0.6) is 0 Å². The summed E-state index contributed by atoms with van der Waals surface area (Å²) in [6, 6.07) is 7.48. The highest BCUT2D eigenvalue weighted by Gasteiger charge is 2.27. The van der Waals surface area contributed by atoms with E-state index >= 15 is 0 Å². The molecule has 0 aliphatic carbocycles. The molecule has 0 radical (unpaired) electrons. The predicted molar refractivity (Wildman–Crippen MR) is 160 cm³/mol. The molecule has 1 saturated heterocycles. The number of pyridine rings is 1. The molecule has 0 saturated carbocycles. The van der Waals surface area contributed by atoms with Crippen molar-refractivity contribution in [3.8, 4) is 11.3 Å². The highest BCUT2D eigenvalue weighted by atomic mass is 32.2. The van der Waals surface area contributed by atoms with E-state index in [9.17, 15) is 22.7 Å². The standard InChI is InChI=1S/C30H39FN4O7S/c1-6-20-17-23-25(27(36)32-5)26(21-7-9-22(31)10-8-21)40-28(23)33-24(20)18-35(43(38)39)16-13-19-11-14-34(15-12-19)42-29(37)41-30(2,3)4/h7-10,17,19H,6,11-16,18H2,1-5H3,(H,32,36)(H,38,39). The Balaban J connectivity index is 1.47. The van der Waals surface area contributed by atoms with Gasteiger partial charge < -0.3 is 19.3 Å². The second-order valence-corrected chi connectivity index (χ2v) is 12.5. The Morgan fingerprint density at radius 3 is 2.49 bits per heavy atom. The molecule has 1 aliphatic rings. The lowest BCUT2D eigenvalue weighted by Crippen LogP contribution is -2.38. The van der Waals surface area contributed by atoms with Gasteiger partial charge >= 0.3 is 6.16 Å². The number of hydrogen-bond donors (Lipinski definition) is 2. The van der Waals surface area contributed by atoms with Crippen LogP contribution in [0.25, 0.3) is 22.4 Å². The number of aryl methyl sites for hydroxylation is 1. The summed E-state index contributed by atoms with van der Waals surface area (Å²) in [5.41, 5.74) is 1.78. The van der Waals surface area contributed by atoms with Crippen molar-refractivity contribution >= 4 is 34.4 Å². The average Bonchev–Trinajstić information content (AvgIpc) is 3.32. The molecule has 0 bridgehead atoms. The Morgan fingerprint density at radius 1 is 1.23 bits per heavy atom. The molecule has 0 spiro atoms. The molecule has 1 aromatic carbocycles. The Kier molecular flexibility index (Phi) is 10.5. The van der Waals surface area contributed by atoms with E-state index in [4.69, 9.17) is 19.0 Å². The smallest absolute Gasteiger partial charge is 0.437 e. The van der Waals surface area contributed by atoms with Crippen LogP contribution in [0.15, 0.2) is 34.7 Å². The molecule has 1 fully saturated rings. The van der Waals surface area contributed by atoms with Gasteiger partial charge in [-0.25, -0.2) is 18.4 Å². The van der Waals surface area contributed by atoms with Crippen molar-refractivity contribution in [2.45, 2.75) is 65.5 Å². The number of halogens is 1. The maximum absolute atomic E-state index is 13.6. The SMILES string of the molecule is CCc1cc2c(C(=O)NC)c(-c3ccc(F)cc3)oc2nc1CN(CCC1CCN(OC(=O)OC(C)(C)C)CC1)S(=O)O. The van der Waals surface area contributed by atoms with Gasteiger partial charge in [-0.15, -0.1) is 5.06 Å². The fraction of sp³-hybridized carbons (Fsp3) is 0.500. The first-order valence-corrected chi connectivity index (χ1v) is 15.4. The van der Waals surface area contributed by atoms with Crippen molar-refractivity contribution in [2.24, 2.45) is 5.92 Å². The molecule has 2 N–H and O–H groups in total. The van der Waals surface area contributed by atoms with E-state index in [2.05, 4.69) is 5.32 Å². The molecule has 234 valence electrons. The molecule has 2 aromatic heterocycles. The number of aromatic nitrogens is 1. The summed E-state index contributed by atoms with van der Waals surface area (Å²) in [6.45, 7) is 8.82. The van der Waals surface area contributed by atoms with Crippen molar-refractivity contribution in [1.82, 2.24) is 19.7 Å². The van der Waals surface area contributed by atoms with Crippen LogP contribution >= 0.6 is 0 Å². The van der Waals surface area contributed by atoms with E-state index in [0.717, 1.165) is 18.4 Å². The average molecular weight is 619 g/mol. The van der Waals surface area contributed by atoms with Crippen LogP contribution < -0.4 is 5.32 Å². The van der Waals surface area contributed by atoms with Crippen molar-refractivity contribution in [3.05, 3.63) is 53.0 Å². The normalized spacial score (nSPS) is 15.5. The first-order chi connectivity index (χ1) is 20.4. The predicted octanol–water partition coefficient (Wildman–Crippen LogP) is 5.46. The van der Waals surface area contributed by atoms with Gasteiger partial charge in [-0.2, -0.15) is 4.31 Å². The zero-order valence-electron chi connectivity index (χ0n) is 25.1. The summed E-state index contributed by atoms with van der Waals surface area (Å²) in [4.78, 5) is 34.8. The highest BCUT2D eigenvalue weighted by Crippen LogP contribution is 2.34. The third kappa shape index (κ3) is 8.37. The van der Waals surface area contributed by atoms with Crippen molar-refractivity contribution in [2.75, 3.05) is 26.7 Å². The van der Waals surface area contributed by atoms with E-state index in [0.29, 0.717) is 54.7 Å². The van der Waals surface area contributed by atoms with Gasteiger partial charge in [0.15, 0.2) is 0 Å². The van der Waals surface area contributed by atoms with E-state index in [1.54, 1.807) is 25.8 Å². The molecule has 1 amide bonds. The number of hydrogen-bond acceptors (Lipinski definition) is 8. The molecule has 1 aliphatic heterocycles. The van der Waals surface area contributed by atoms with E-state index in [1.807, 2.05) is 13.0 Å². The lowest BCUT2D eigenvalue weighted by Gasteiger charge is -2.31. The van der Waals surface area contributed by atoms with Crippen LogP contribution in [0, 0.1) is 11.7 Å². The van der Waals surface area contributed by atoms with E-state index in [-0.39, 0.29) is 29.8 Å². The number of rotatable bonds is 10. The van der Waals surface area contributed by atoms with Crippen LogP contribution in [0.3, 0.4) is 0 Å². The maximum atomic E-state index is 13.6. The number of piperidine rings is 1. The minimum Gasteiger partial charge on any atom is -0.437 e. The summed E-state index contributed by atoms with van der Waals surface area (Å²) >= 11 is -2.25. The van der Waals surface area contributed by atoms with E-state index < -0.39 is 28.8 Å². The zero-order chi connectivity index (χ0) is 31.3. The van der Waals surface area contributed by atoms with E-state index in [1.165, 1.54) is 35.6 Å². The molecule has 1 unspecified atom stereocenters. The maximum Gasteiger partial charge on any atom is 0.528 e. The molecule has 3 aromatic rings. The third-order valence-electron chi connectivity index (χ3n) is 7.29. The molecular formula is C30H39FN4O7S. The van der Waals surface area contributed by atoms with Crippen LogP contribution in [0.4, 0.5) is 9.18 Å². The summed E-state index contributed by atoms with van der Waals surface area (Å²) in [5.74, 6) is -0.225. The summed E-state index contributed by atoms with van der Waals surface area (Å²) < 4.78 is 48.7. The number of carbonyl (C=O) groups excluding carboxylic acids is 2. The summed E-state index contributed by atoms with van der Waals surface area (Å²) in [7, 11) is 1.52. The second kappa shape index (κ2) is 13.9. The number of fused-ring (bicyclic) bond motifs is 1. The topological polar surface area (TPSA) is 134 Å². The Labute approximate surface area is 253 Å². The van der Waals surface area contributed by atoms with Gasteiger partial charge in [0.1, 0.15) is 17.2 Å². The molecule has 3 heterocycles. The van der Waals surface area contributed by atoms with Gasteiger partial charge in [-0.1, -0.05) is 6.92 Å². The number of nitrogens with zero attached hydrogens (tertiary/aromatic N) is 3. The molecular weight excluding hydrogens is 579 g/mol. The van der Waals surface area contributed by atoms with Gasteiger partial charge in [-0.3, -0.25) is 9.35 Å². The quantitative estimate of drug-likeness (QED) is 0.224. The molecule has 13 heteroatoms. The van der Waals surface area contributed by atoms with Gasteiger partial charge in [0.25, 0.3) is 5.91 Å². The van der Waals surface area contributed by atoms with Crippen LogP contribution in [-0.4, -0.2) is 67.5 Å². The van der Waals surface area contributed by atoms with Crippen LogP contribution in [-0.2, 0) is 33.8 Å². The molecule has 43 heavy (non-hydrogen) atoms. The lowest BCUT2D eigenvalue weighted by atomic mass is 9.94. The highest BCUT2D eigenvalue weighted by molar-refractivity contribution is 7.76. The number of ether oxygens (including phenoxy) is 1. The number of amides is 1. The molecule has 4 rings (SSSR count). The number of furan rings is 1. The van der Waals surface area contributed by atoms with Gasteiger partial charge in [0.2, 0.25) is 17.0 Å². The Hall–Kier alpha value is -3.39. The minimum absolute atomic E-state index is 0.102. The minimum atomic E-state index is -2.25. The number of carbonyl (C=O) groups is 2. The second-order valence-electron chi connectivity index (χ2n) is 11.5. The molecule has 11 nitrogen and oxygen atoms in total. The lowest BCUT2D eigenvalue weighted by molar-refractivity contribution is -0.155. The number of benzene rings is 1. The van der Waals surface area contributed by atoms with Crippen molar-refractivity contribution in [1.29, 1.82) is 0 Å². The van der Waals surface area contributed by atoms with Gasteiger partial charge in [-0.05, 0) is 88.3 Å². The van der Waals surface area contributed by atoms with Gasteiger partial charge in [0.05, 0.1) is 23.2 Å². The monoisotopic (exact) mass is 618 g/mol. The van der Waals surface area contributed by atoms with Crippen LogP contribution in [0.2, 0.25) is 0 Å².